The molecule has 0 aliphatic carbocycles. The molecule has 4 rings (SSSR count). The summed E-state index contributed by atoms with van der Waals surface area (Å²) in [7, 11) is -3.86. The van der Waals surface area contributed by atoms with Gasteiger partial charge in [-0.25, -0.2) is 13.4 Å². The topological polar surface area (TPSA) is 101 Å². The number of hydrogen-bond donors (Lipinski definition) is 2. The van der Waals surface area contributed by atoms with Gasteiger partial charge in [0.2, 0.25) is 0 Å². The van der Waals surface area contributed by atoms with Gasteiger partial charge < -0.3 is 9.73 Å². The standard InChI is InChI=1S/C23H21N3O4S/c1-14-4-8-18(9-5-14)26-31(28,29)22-12-17(7-6-15(22)2)23(27)25-19-10-11-21-20(13-19)24-16(3)30-21/h4-13,26H,1-3H3,(H,25,27). The molecule has 0 unspecified atom stereocenters. The van der Waals surface area contributed by atoms with Crippen molar-refractivity contribution in [3.63, 3.8) is 0 Å². The van der Waals surface area contributed by atoms with Crippen LogP contribution in [-0.2, 0) is 10.0 Å². The third-order valence-electron chi connectivity index (χ3n) is 4.80. The smallest absolute Gasteiger partial charge is 0.262 e. The predicted molar refractivity (Wildman–Crippen MR) is 120 cm³/mol. The predicted octanol–water partition coefficient (Wildman–Crippen LogP) is 4.81. The highest BCUT2D eigenvalue weighted by molar-refractivity contribution is 7.92. The first-order chi connectivity index (χ1) is 14.7. The lowest BCUT2D eigenvalue weighted by Crippen LogP contribution is -2.17. The molecule has 0 saturated heterocycles. The summed E-state index contributed by atoms with van der Waals surface area (Å²) in [6.45, 7) is 5.36. The summed E-state index contributed by atoms with van der Waals surface area (Å²) in [4.78, 5) is 17.1. The monoisotopic (exact) mass is 435 g/mol. The number of oxazole rings is 1. The fourth-order valence-electron chi connectivity index (χ4n) is 3.19. The molecule has 4 aromatic rings. The molecule has 0 fully saturated rings. The summed E-state index contributed by atoms with van der Waals surface area (Å²) in [6.07, 6.45) is 0. The second-order valence-electron chi connectivity index (χ2n) is 7.32. The Labute approximate surface area is 180 Å². The summed E-state index contributed by atoms with van der Waals surface area (Å²) in [6, 6.07) is 16.7. The van der Waals surface area contributed by atoms with Gasteiger partial charge in [0, 0.05) is 23.9 Å². The number of hydrogen-bond acceptors (Lipinski definition) is 5. The van der Waals surface area contributed by atoms with Gasteiger partial charge in [0.05, 0.1) is 4.90 Å². The van der Waals surface area contributed by atoms with Gasteiger partial charge >= 0.3 is 0 Å². The first-order valence-corrected chi connectivity index (χ1v) is 11.1. The minimum Gasteiger partial charge on any atom is -0.441 e. The van der Waals surface area contributed by atoms with Crippen molar-refractivity contribution in [3.05, 3.63) is 83.2 Å². The molecule has 0 aliphatic rings. The summed E-state index contributed by atoms with van der Waals surface area (Å²) >= 11 is 0. The molecule has 31 heavy (non-hydrogen) atoms. The Bertz CT molecular complexity index is 1390. The number of rotatable bonds is 5. The maximum absolute atomic E-state index is 12.9. The fraction of sp³-hybridized carbons (Fsp3) is 0.130. The van der Waals surface area contributed by atoms with Crippen LogP contribution in [0.1, 0.15) is 27.4 Å². The van der Waals surface area contributed by atoms with Gasteiger partial charge in [-0.05, 0) is 61.9 Å². The van der Waals surface area contributed by atoms with E-state index in [-0.39, 0.29) is 10.5 Å². The zero-order chi connectivity index (χ0) is 22.2. The lowest BCUT2D eigenvalue weighted by Gasteiger charge is -2.12. The number of carbonyl (C=O) groups is 1. The van der Waals surface area contributed by atoms with Crippen molar-refractivity contribution in [1.29, 1.82) is 0 Å². The molecule has 2 N–H and O–H groups in total. The lowest BCUT2D eigenvalue weighted by atomic mass is 10.1. The van der Waals surface area contributed by atoms with Gasteiger partial charge in [0.15, 0.2) is 11.5 Å². The molecule has 1 heterocycles. The van der Waals surface area contributed by atoms with Crippen LogP contribution in [0.3, 0.4) is 0 Å². The molecule has 8 heteroatoms. The van der Waals surface area contributed by atoms with Gasteiger partial charge in [0.1, 0.15) is 5.52 Å². The molecule has 0 atom stereocenters. The first kappa shape index (κ1) is 20.6. The first-order valence-electron chi connectivity index (χ1n) is 9.60. The third-order valence-corrected chi connectivity index (χ3v) is 6.32. The largest absolute Gasteiger partial charge is 0.441 e. The second kappa shape index (κ2) is 7.88. The highest BCUT2D eigenvalue weighted by Gasteiger charge is 2.20. The van der Waals surface area contributed by atoms with Crippen LogP contribution in [0.5, 0.6) is 0 Å². The van der Waals surface area contributed by atoms with E-state index in [1.165, 1.54) is 6.07 Å². The van der Waals surface area contributed by atoms with Crippen LogP contribution in [0.4, 0.5) is 11.4 Å². The van der Waals surface area contributed by atoms with Crippen LogP contribution in [-0.4, -0.2) is 19.3 Å². The van der Waals surface area contributed by atoms with Gasteiger partial charge in [-0.1, -0.05) is 23.8 Å². The van der Waals surface area contributed by atoms with Crippen LogP contribution >= 0.6 is 0 Å². The molecule has 3 aromatic carbocycles. The van der Waals surface area contributed by atoms with Gasteiger partial charge in [-0.15, -0.1) is 0 Å². The number of benzene rings is 3. The number of sulfonamides is 1. The van der Waals surface area contributed by atoms with Crippen LogP contribution < -0.4 is 10.0 Å². The maximum Gasteiger partial charge on any atom is 0.262 e. The van der Waals surface area contributed by atoms with E-state index in [9.17, 15) is 13.2 Å². The molecule has 0 spiro atoms. The van der Waals surface area contributed by atoms with Crippen molar-refractivity contribution in [2.75, 3.05) is 10.0 Å². The Balaban J connectivity index is 1.59. The molecular weight excluding hydrogens is 414 g/mol. The number of nitrogens with zero attached hydrogens (tertiary/aromatic N) is 1. The van der Waals surface area contributed by atoms with Gasteiger partial charge in [0.25, 0.3) is 15.9 Å². The number of amides is 1. The van der Waals surface area contributed by atoms with E-state index in [0.717, 1.165) is 5.56 Å². The molecule has 0 aliphatic heterocycles. The van der Waals surface area contributed by atoms with Crippen molar-refractivity contribution in [2.45, 2.75) is 25.7 Å². The second-order valence-corrected chi connectivity index (χ2v) is 8.97. The Kier molecular flexibility index (Phi) is 5.24. The normalized spacial score (nSPS) is 11.5. The minimum atomic E-state index is -3.86. The average Bonchev–Trinajstić information content (AvgIpc) is 3.09. The zero-order valence-corrected chi connectivity index (χ0v) is 18.1. The summed E-state index contributed by atoms with van der Waals surface area (Å²) < 4.78 is 33.9. The molecular formula is C23H21N3O4S. The quantitative estimate of drug-likeness (QED) is 0.469. The summed E-state index contributed by atoms with van der Waals surface area (Å²) in [5.41, 5.74) is 4.04. The Morgan fingerprint density at radius 2 is 1.61 bits per heavy atom. The Morgan fingerprint density at radius 3 is 2.35 bits per heavy atom. The molecule has 0 saturated carbocycles. The van der Waals surface area contributed by atoms with Crippen molar-refractivity contribution in [3.8, 4) is 0 Å². The lowest BCUT2D eigenvalue weighted by molar-refractivity contribution is 0.102. The van der Waals surface area contributed by atoms with Crippen LogP contribution in [0.2, 0.25) is 0 Å². The van der Waals surface area contributed by atoms with Crippen molar-refractivity contribution in [2.24, 2.45) is 0 Å². The van der Waals surface area contributed by atoms with E-state index in [4.69, 9.17) is 4.42 Å². The zero-order valence-electron chi connectivity index (χ0n) is 17.3. The maximum atomic E-state index is 12.9. The Morgan fingerprint density at radius 1 is 0.903 bits per heavy atom. The molecule has 0 bridgehead atoms. The molecule has 1 amide bonds. The van der Waals surface area contributed by atoms with Crippen molar-refractivity contribution in [1.82, 2.24) is 4.98 Å². The summed E-state index contributed by atoms with van der Waals surface area (Å²) in [5, 5.41) is 2.78. The minimum absolute atomic E-state index is 0.0447. The van der Waals surface area contributed by atoms with E-state index in [0.29, 0.717) is 33.9 Å². The number of fused-ring (bicyclic) bond motifs is 1. The highest BCUT2D eigenvalue weighted by Crippen LogP contribution is 2.23. The average molecular weight is 436 g/mol. The fourth-order valence-corrected chi connectivity index (χ4v) is 4.52. The molecule has 158 valence electrons. The van der Waals surface area contributed by atoms with Gasteiger partial charge in [-0.2, -0.15) is 0 Å². The number of carbonyl (C=O) groups excluding carboxylic acids is 1. The van der Waals surface area contributed by atoms with E-state index in [2.05, 4.69) is 15.0 Å². The highest BCUT2D eigenvalue weighted by atomic mass is 32.2. The number of anilines is 2. The SMILES string of the molecule is Cc1ccc(NS(=O)(=O)c2cc(C(=O)Nc3ccc4oc(C)nc4c3)ccc2C)cc1. The third kappa shape index (κ3) is 4.44. The molecule has 0 radical (unpaired) electrons. The van der Waals surface area contributed by atoms with E-state index in [1.807, 2.05) is 19.1 Å². The number of nitrogens with one attached hydrogen (secondary N) is 2. The van der Waals surface area contributed by atoms with Crippen LogP contribution in [0, 0.1) is 20.8 Å². The van der Waals surface area contributed by atoms with E-state index >= 15 is 0 Å². The van der Waals surface area contributed by atoms with Gasteiger partial charge in [-0.3, -0.25) is 9.52 Å². The van der Waals surface area contributed by atoms with Crippen molar-refractivity contribution >= 4 is 38.4 Å². The summed E-state index contributed by atoms with van der Waals surface area (Å²) in [5.74, 6) is 0.110. The molecule has 7 nitrogen and oxygen atoms in total. The number of aryl methyl sites for hydroxylation is 3. The Hall–Kier alpha value is -3.65. The van der Waals surface area contributed by atoms with E-state index < -0.39 is 15.9 Å². The van der Waals surface area contributed by atoms with E-state index in [1.54, 1.807) is 56.3 Å². The van der Waals surface area contributed by atoms with Crippen LogP contribution in [0.25, 0.3) is 11.1 Å². The molecule has 1 aromatic heterocycles. The number of aromatic nitrogens is 1. The van der Waals surface area contributed by atoms with Crippen molar-refractivity contribution < 1.29 is 17.6 Å². The van der Waals surface area contributed by atoms with Crippen LogP contribution in [0.15, 0.2) is 70.0 Å².